The second-order valence-corrected chi connectivity index (χ2v) is 6.48. The van der Waals surface area contributed by atoms with Crippen LogP contribution in [0.1, 0.15) is 58.6 Å². The second kappa shape index (κ2) is 5.85. The Hall–Kier alpha value is -1.52. The molecule has 0 saturated heterocycles. The zero-order valence-corrected chi connectivity index (χ0v) is 12.8. The van der Waals surface area contributed by atoms with E-state index in [1.807, 2.05) is 17.8 Å². The minimum absolute atomic E-state index is 0.0118. The maximum absolute atomic E-state index is 11.4. The summed E-state index contributed by atoms with van der Waals surface area (Å²) >= 11 is 0. The molecule has 0 atom stereocenters. The molecule has 1 aliphatic carbocycles. The van der Waals surface area contributed by atoms with E-state index in [9.17, 15) is 4.79 Å². The third-order valence-corrected chi connectivity index (χ3v) is 3.60. The quantitative estimate of drug-likeness (QED) is 0.921. The zero-order valence-electron chi connectivity index (χ0n) is 12.8. The lowest BCUT2D eigenvalue weighted by Crippen LogP contribution is -2.36. The molecule has 5 heteroatoms. The number of amides is 1. The smallest absolute Gasteiger partial charge is 0.407 e. The highest BCUT2D eigenvalue weighted by molar-refractivity contribution is 5.67. The average Bonchev–Trinajstić information content (AvgIpc) is 2.79. The Morgan fingerprint density at radius 3 is 2.75 bits per heavy atom. The van der Waals surface area contributed by atoms with Gasteiger partial charge < -0.3 is 10.1 Å². The first-order chi connectivity index (χ1) is 9.40. The van der Waals surface area contributed by atoms with Crippen LogP contribution >= 0.6 is 0 Å². The van der Waals surface area contributed by atoms with Crippen LogP contribution in [0, 0.1) is 0 Å². The standard InChI is InChI=1S/C15H25N3O2/c1-5-7-16-14(19)20-12-9-11(10-12)13-6-8-18(17-13)15(2,3)4/h6,8,11-12H,5,7,9-10H2,1-4H3,(H,16,19). The van der Waals surface area contributed by atoms with Gasteiger partial charge in [0, 0.05) is 18.7 Å². The molecule has 1 fully saturated rings. The third-order valence-electron chi connectivity index (χ3n) is 3.60. The summed E-state index contributed by atoms with van der Waals surface area (Å²) in [7, 11) is 0. The van der Waals surface area contributed by atoms with E-state index >= 15 is 0 Å². The van der Waals surface area contributed by atoms with E-state index in [1.54, 1.807) is 0 Å². The van der Waals surface area contributed by atoms with Crippen molar-refractivity contribution in [1.29, 1.82) is 0 Å². The number of nitrogens with one attached hydrogen (secondary N) is 1. The van der Waals surface area contributed by atoms with Crippen molar-refractivity contribution >= 4 is 6.09 Å². The van der Waals surface area contributed by atoms with Gasteiger partial charge in [0.2, 0.25) is 0 Å². The molecule has 0 unspecified atom stereocenters. The van der Waals surface area contributed by atoms with Gasteiger partial charge in [0.15, 0.2) is 0 Å². The van der Waals surface area contributed by atoms with Gasteiger partial charge in [-0.05, 0) is 46.1 Å². The highest BCUT2D eigenvalue weighted by Crippen LogP contribution is 2.38. The van der Waals surface area contributed by atoms with Crippen molar-refractivity contribution in [2.24, 2.45) is 0 Å². The Morgan fingerprint density at radius 1 is 1.50 bits per heavy atom. The predicted octanol–water partition coefficient (Wildman–Crippen LogP) is 3.02. The summed E-state index contributed by atoms with van der Waals surface area (Å²) in [5, 5.41) is 7.36. The summed E-state index contributed by atoms with van der Waals surface area (Å²) in [5.41, 5.74) is 1.12. The van der Waals surface area contributed by atoms with E-state index < -0.39 is 0 Å². The fourth-order valence-corrected chi connectivity index (χ4v) is 2.25. The van der Waals surface area contributed by atoms with Gasteiger partial charge in [0.25, 0.3) is 0 Å². The second-order valence-electron chi connectivity index (χ2n) is 6.48. The molecule has 0 bridgehead atoms. The van der Waals surface area contributed by atoms with Crippen LogP contribution < -0.4 is 5.32 Å². The molecule has 0 aromatic carbocycles. The van der Waals surface area contributed by atoms with Crippen molar-refractivity contribution in [2.75, 3.05) is 6.54 Å². The molecular formula is C15H25N3O2. The molecular weight excluding hydrogens is 254 g/mol. The molecule has 2 rings (SSSR count). The van der Waals surface area contributed by atoms with Crippen molar-refractivity contribution < 1.29 is 9.53 Å². The van der Waals surface area contributed by atoms with Crippen LogP contribution in [-0.2, 0) is 10.3 Å². The summed E-state index contributed by atoms with van der Waals surface area (Å²) in [4.78, 5) is 11.4. The number of alkyl carbamates (subject to hydrolysis) is 1. The number of nitrogens with zero attached hydrogens (tertiary/aromatic N) is 2. The lowest BCUT2D eigenvalue weighted by molar-refractivity contribution is 0.0384. The number of rotatable bonds is 4. The molecule has 1 heterocycles. The number of hydrogen-bond donors (Lipinski definition) is 1. The maximum atomic E-state index is 11.4. The Morgan fingerprint density at radius 2 is 2.20 bits per heavy atom. The molecule has 112 valence electrons. The highest BCUT2D eigenvalue weighted by atomic mass is 16.6. The summed E-state index contributed by atoms with van der Waals surface area (Å²) in [6.45, 7) is 9.09. The summed E-state index contributed by atoms with van der Waals surface area (Å²) < 4.78 is 7.32. The molecule has 1 aromatic heterocycles. The number of ether oxygens (including phenoxy) is 1. The normalized spacial score (nSPS) is 22.2. The molecule has 0 aliphatic heterocycles. The van der Waals surface area contributed by atoms with Crippen LogP contribution in [0.4, 0.5) is 4.79 Å². The van der Waals surface area contributed by atoms with Gasteiger partial charge in [0.05, 0.1) is 11.2 Å². The zero-order chi connectivity index (χ0) is 14.8. The molecule has 1 aromatic rings. The van der Waals surface area contributed by atoms with E-state index in [4.69, 9.17) is 4.74 Å². The Balaban J connectivity index is 1.79. The number of aromatic nitrogens is 2. The molecule has 0 spiro atoms. The van der Waals surface area contributed by atoms with Crippen LogP contribution in [0.3, 0.4) is 0 Å². The minimum Gasteiger partial charge on any atom is -0.446 e. The average molecular weight is 279 g/mol. The molecule has 1 amide bonds. The summed E-state index contributed by atoms with van der Waals surface area (Å²) in [5.74, 6) is 0.419. The third kappa shape index (κ3) is 3.52. The van der Waals surface area contributed by atoms with Gasteiger partial charge in [-0.3, -0.25) is 4.68 Å². The van der Waals surface area contributed by atoms with E-state index in [-0.39, 0.29) is 17.7 Å². The van der Waals surface area contributed by atoms with Crippen molar-refractivity contribution in [1.82, 2.24) is 15.1 Å². The topological polar surface area (TPSA) is 56.1 Å². The van der Waals surface area contributed by atoms with Gasteiger partial charge in [-0.2, -0.15) is 5.10 Å². The summed E-state index contributed by atoms with van der Waals surface area (Å²) in [6, 6.07) is 2.07. The number of carbonyl (C=O) groups excluding carboxylic acids is 1. The first-order valence-electron chi connectivity index (χ1n) is 7.40. The summed E-state index contributed by atoms with van der Waals surface area (Å²) in [6.07, 6.45) is 4.44. The molecule has 1 aliphatic rings. The van der Waals surface area contributed by atoms with Crippen LogP contribution in [0.5, 0.6) is 0 Å². The fraction of sp³-hybridized carbons (Fsp3) is 0.733. The van der Waals surface area contributed by atoms with Crippen LogP contribution in [-0.4, -0.2) is 28.5 Å². The maximum Gasteiger partial charge on any atom is 0.407 e. The monoisotopic (exact) mass is 279 g/mol. The fourth-order valence-electron chi connectivity index (χ4n) is 2.25. The Kier molecular flexibility index (Phi) is 4.35. The van der Waals surface area contributed by atoms with Gasteiger partial charge in [-0.25, -0.2) is 4.79 Å². The van der Waals surface area contributed by atoms with Gasteiger partial charge in [0.1, 0.15) is 6.10 Å². The highest BCUT2D eigenvalue weighted by Gasteiger charge is 2.35. The van der Waals surface area contributed by atoms with Gasteiger partial charge in [-0.1, -0.05) is 6.92 Å². The number of hydrogen-bond acceptors (Lipinski definition) is 3. The Bertz CT molecular complexity index is 456. The van der Waals surface area contributed by atoms with Crippen molar-refractivity contribution in [3.05, 3.63) is 18.0 Å². The van der Waals surface area contributed by atoms with Crippen molar-refractivity contribution in [3.63, 3.8) is 0 Å². The van der Waals surface area contributed by atoms with E-state index in [0.717, 1.165) is 25.0 Å². The molecule has 5 nitrogen and oxygen atoms in total. The van der Waals surface area contributed by atoms with Crippen molar-refractivity contribution in [3.8, 4) is 0 Å². The van der Waals surface area contributed by atoms with Crippen LogP contribution in [0.15, 0.2) is 12.3 Å². The molecule has 0 radical (unpaired) electrons. The van der Waals surface area contributed by atoms with E-state index in [1.165, 1.54) is 0 Å². The largest absolute Gasteiger partial charge is 0.446 e. The number of carbonyl (C=O) groups is 1. The van der Waals surface area contributed by atoms with Crippen LogP contribution in [0.2, 0.25) is 0 Å². The van der Waals surface area contributed by atoms with Crippen molar-refractivity contribution in [2.45, 2.75) is 64.5 Å². The SMILES string of the molecule is CCCNC(=O)OC1CC(c2ccn(C(C)(C)C)n2)C1. The first kappa shape index (κ1) is 14.9. The van der Waals surface area contributed by atoms with E-state index in [2.05, 4.69) is 37.3 Å². The Labute approximate surface area is 120 Å². The van der Waals surface area contributed by atoms with Gasteiger partial charge >= 0.3 is 6.09 Å². The molecule has 1 N–H and O–H groups in total. The predicted molar refractivity (Wildman–Crippen MR) is 77.8 cm³/mol. The molecule has 20 heavy (non-hydrogen) atoms. The van der Waals surface area contributed by atoms with Crippen LogP contribution in [0.25, 0.3) is 0 Å². The van der Waals surface area contributed by atoms with E-state index in [0.29, 0.717) is 12.5 Å². The molecule has 1 saturated carbocycles. The first-order valence-corrected chi connectivity index (χ1v) is 7.40. The lowest BCUT2D eigenvalue weighted by Gasteiger charge is -2.33. The van der Waals surface area contributed by atoms with Gasteiger partial charge in [-0.15, -0.1) is 0 Å². The minimum atomic E-state index is -0.296. The lowest BCUT2D eigenvalue weighted by atomic mass is 9.80.